The zero-order valence-electron chi connectivity index (χ0n) is 11.8. The van der Waals surface area contributed by atoms with Crippen molar-refractivity contribution in [1.82, 2.24) is 15.2 Å². The van der Waals surface area contributed by atoms with Crippen molar-refractivity contribution in [3.63, 3.8) is 0 Å². The molecule has 1 saturated carbocycles. The number of aliphatic carboxylic acids is 1. The van der Waals surface area contributed by atoms with Gasteiger partial charge in [0.25, 0.3) is 5.89 Å². The zero-order chi connectivity index (χ0) is 14.9. The highest BCUT2D eigenvalue weighted by atomic mass is 32.1. The normalized spacial score (nSPS) is 17.2. The Morgan fingerprint density at radius 1 is 1.43 bits per heavy atom. The minimum Gasteiger partial charge on any atom is -0.481 e. The summed E-state index contributed by atoms with van der Waals surface area (Å²) in [5, 5.41) is 18.2. The van der Waals surface area contributed by atoms with Gasteiger partial charge in [-0.25, -0.2) is 4.98 Å². The van der Waals surface area contributed by atoms with E-state index in [4.69, 9.17) is 9.52 Å². The number of thiazole rings is 1. The fourth-order valence-corrected chi connectivity index (χ4v) is 3.77. The summed E-state index contributed by atoms with van der Waals surface area (Å²) in [6.07, 6.45) is 6.41. The first-order chi connectivity index (χ1) is 10.1. The Balaban J connectivity index is 1.78. The minimum atomic E-state index is -0.755. The van der Waals surface area contributed by atoms with E-state index in [1.54, 1.807) is 6.20 Å². The van der Waals surface area contributed by atoms with Crippen molar-refractivity contribution in [2.24, 2.45) is 5.41 Å². The number of hydrogen-bond acceptors (Lipinski definition) is 6. The Bertz CT molecular complexity index is 643. The number of hydrogen-bond donors (Lipinski definition) is 1. The summed E-state index contributed by atoms with van der Waals surface area (Å²) in [6, 6.07) is 0. The average Bonchev–Trinajstić information content (AvgIpc) is 3.11. The highest BCUT2D eigenvalue weighted by Gasteiger charge is 2.37. The molecule has 0 radical (unpaired) electrons. The van der Waals surface area contributed by atoms with Gasteiger partial charge in [-0.05, 0) is 25.2 Å². The Kier molecular flexibility index (Phi) is 3.75. The molecule has 3 rings (SSSR count). The molecule has 0 atom stereocenters. The first-order valence-corrected chi connectivity index (χ1v) is 7.85. The molecule has 1 aliphatic carbocycles. The van der Waals surface area contributed by atoms with Gasteiger partial charge in [-0.2, -0.15) is 0 Å². The molecule has 0 spiro atoms. The van der Waals surface area contributed by atoms with E-state index in [0.29, 0.717) is 18.2 Å². The van der Waals surface area contributed by atoms with Crippen LogP contribution in [0.4, 0.5) is 0 Å². The summed E-state index contributed by atoms with van der Waals surface area (Å²) < 4.78 is 5.71. The Hall–Kier alpha value is -1.76. The Labute approximate surface area is 126 Å². The van der Waals surface area contributed by atoms with Gasteiger partial charge in [0.1, 0.15) is 4.88 Å². The third-order valence-electron chi connectivity index (χ3n) is 4.02. The summed E-state index contributed by atoms with van der Waals surface area (Å²) >= 11 is 1.51. The molecule has 0 saturated heterocycles. The Morgan fingerprint density at radius 3 is 2.81 bits per heavy atom. The molecule has 1 aliphatic rings. The van der Waals surface area contributed by atoms with Crippen LogP contribution in [0.2, 0.25) is 0 Å². The molecule has 2 aromatic rings. The summed E-state index contributed by atoms with van der Waals surface area (Å²) in [6.45, 7) is 1.92. The molecule has 7 heteroatoms. The maximum Gasteiger partial charge on any atom is 0.303 e. The minimum absolute atomic E-state index is 0.171. The number of aromatic nitrogens is 3. The second-order valence-corrected chi connectivity index (χ2v) is 6.93. The molecule has 1 N–H and O–H groups in total. The van der Waals surface area contributed by atoms with Crippen molar-refractivity contribution in [2.75, 3.05) is 0 Å². The van der Waals surface area contributed by atoms with Crippen LogP contribution in [0.5, 0.6) is 0 Å². The molecule has 0 amide bonds. The van der Waals surface area contributed by atoms with Gasteiger partial charge in [-0.3, -0.25) is 4.79 Å². The van der Waals surface area contributed by atoms with E-state index in [-0.39, 0.29) is 11.8 Å². The van der Waals surface area contributed by atoms with Gasteiger partial charge in [0.05, 0.1) is 17.6 Å². The molecular weight excluding hydrogens is 290 g/mol. The SMILES string of the molecule is Cc1ncc(-c2nnc(CC3(CC(=O)O)CCCC3)o2)s1. The van der Waals surface area contributed by atoms with Crippen LogP contribution in [-0.4, -0.2) is 26.3 Å². The molecule has 1 fully saturated rings. The van der Waals surface area contributed by atoms with Gasteiger partial charge in [0.2, 0.25) is 5.89 Å². The standard InChI is InChI=1S/C14H17N3O3S/c1-9-15-8-10(21-9)13-17-16-11(20-13)6-14(7-12(18)19)4-2-3-5-14/h8H,2-7H2,1H3,(H,18,19). The predicted octanol–water partition coefficient (Wildman–Crippen LogP) is 3.08. The number of carboxylic acid groups (broad SMARTS) is 1. The molecule has 0 bridgehead atoms. The third-order valence-corrected chi connectivity index (χ3v) is 4.92. The molecule has 21 heavy (non-hydrogen) atoms. The van der Waals surface area contributed by atoms with E-state index >= 15 is 0 Å². The first-order valence-electron chi connectivity index (χ1n) is 7.03. The highest BCUT2D eigenvalue weighted by Crippen LogP contribution is 2.43. The second-order valence-electron chi connectivity index (χ2n) is 5.70. The zero-order valence-corrected chi connectivity index (χ0v) is 12.7. The van der Waals surface area contributed by atoms with Crippen molar-refractivity contribution >= 4 is 17.3 Å². The topological polar surface area (TPSA) is 89.1 Å². The summed E-state index contributed by atoms with van der Waals surface area (Å²) in [7, 11) is 0. The van der Waals surface area contributed by atoms with Crippen molar-refractivity contribution in [1.29, 1.82) is 0 Å². The number of carbonyl (C=O) groups is 1. The fourth-order valence-electron chi connectivity index (χ4n) is 3.07. The van der Waals surface area contributed by atoms with Crippen molar-refractivity contribution in [3.05, 3.63) is 17.1 Å². The van der Waals surface area contributed by atoms with Crippen LogP contribution < -0.4 is 0 Å². The predicted molar refractivity (Wildman–Crippen MR) is 77.0 cm³/mol. The highest BCUT2D eigenvalue weighted by molar-refractivity contribution is 7.14. The van der Waals surface area contributed by atoms with Gasteiger partial charge in [0.15, 0.2) is 0 Å². The maximum absolute atomic E-state index is 11.1. The van der Waals surface area contributed by atoms with Gasteiger partial charge in [-0.1, -0.05) is 12.8 Å². The van der Waals surface area contributed by atoms with E-state index in [1.807, 2.05) is 6.92 Å². The van der Waals surface area contributed by atoms with Crippen molar-refractivity contribution in [2.45, 2.75) is 45.4 Å². The molecule has 0 aliphatic heterocycles. The number of carboxylic acids is 1. The van der Waals surface area contributed by atoms with Gasteiger partial charge >= 0.3 is 5.97 Å². The molecule has 0 unspecified atom stereocenters. The number of rotatable bonds is 5. The molecule has 2 aromatic heterocycles. The smallest absolute Gasteiger partial charge is 0.303 e. The fraction of sp³-hybridized carbons (Fsp3) is 0.571. The molecule has 2 heterocycles. The lowest BCUT2D eigenvalue weighted by molar-refractivity contribution is -0.139. The van der Waals surface area contributed by atoms with E-state index < -0.39 is 5.97 Å². The van der Waals surface area contributed by atoms with E-state index in [9.17, 15) is 4.79 Å². The lowest BCUT2D eigenvalue weighted by Crippen LogP contribution is -2.23. The summed E-state index contributed by atoms with van der Waals surface area (Å²) in [4.78, 5) is 16.1. The largest absolute Gasteiger partial charge is 0.481 e. The average molecular weight is 307 g/mol. The van der Waals surface area contributed by atoms with Crippen LogP contribution in [0.1, 0.15) is 43.0 Å². The third kappa shape index (κ3) is 3.12. The quantitative estimate of drug-likeness (QED) is 0.913. The maximum atomic E-state index is 11.1. The van der Waals surface area contributed by atoms with Crippen LogP contribution in [-0.2, 0) is 11.2 Å². The number of aryl methyl sites for hydroxylation is 1. The van der Waals surface area contributed by atoms with Crippen LogP contribution in [0, 0.1) is 12.3 Å². The number of nitrogens with zero attached hydrogens (tertiary/aromatic N) is 3. The molecular formula is C14H17N3O3S. The molecule has 0 aromatic carbocycles. The van der Waals surface area contributed by atoms with Crippen molar-refractivity contribution < 1.29 is 14.3 Å². The second kappa shape index (κ2) is 5.55. The summed E-state index contributed by atoms with van der Waals surface area (Å²) in [5.74, 6) is 0.244. The van der Waals surface area contributed by atoms with Gasteiger partial charge in [0, 0.05) is 6.42 Å². The van der Waals surface area contributed by atoms with E-state index in [1.165, 1.54) is 11.3 Å². The molecule has 112 valence electrons. The monoisotopic (exact) mass is 307 g/mol. The Morgan fingerprint density at radius 2 is 2.19 bits per heavy atom. The van der Waals surface area contributed by atoms with Crippen LogP contribution in [0.3, 0.4) is 0 Å². The van der Waals surface area contributed by atoms with Crippen LogP contribution in [0.15, 0.2) is 10.6 Å². The summed E-state index contributed by atoms with van der Waals surface area (Å²) in [5.41, 5.74) is -0.223. The van der Waals surface area contributed by atoms with E-state index in [0.717, 1.165) is 35.6 Å². The molecule has 6 nitrogen and oxygen atoms in total. The lowest BCUT2D eigenvalue weighted by atomic mass is 9.79. The lowest BCUT2D eigenvalue weighted by Gasteiger charge is -2.24. The van der Waals surface area contributed by atoms with Crippen LogP contribution in [0.25, 0.3) is 10.8 Å². The van der Waals surface area contributed by atoms with Gasteiger partial charge < -0.3 is 9.52 Å². The van der Waals surface area contributed by atoms with Gasteiger partial charge in [-0.15, -0.1) is 21.5 Å². The first kappa shape index (κ1) is 14.2. The van der Waals surface area contributed by atoms with E-state index in [2.05, 4.69) is 15.2 Å². The van der Waals surface area contributed by atoms with Crippen molar-refractivity contribution in [3.8, 4) is 10.8 Å². The van der Waals surface area contributed by atoms with Crippen LogP contribution >= 0.6 is 11.3 Å².